The molecule has 3 heterocycles. The number of benzene rings is 1. The monoisotopic (exact) mass is 369 g/mol. The summed E-state index contributed by atoms with van der Waals surface area (Å²) in [6, 6.07) is 11.8. The lowest BCUT2D eigenvalue weighted by molar-refractivity contribution is 0.600. The average molecular weight is 369 g/mol. The highest BCUT2D eigenvalue weighted by Crippen LogP contribution is 2.34. The van der Waals surface area contributed by atoms with Crippen molar-refractivity contribution in [2.45, 2.75) is 25.2 Å². The van der Waals surface area contributed by atoms with E-state index in [4.69, 9.17) is 0 Å². The number of aromatic nitrogens is 3. The first-order valence-corrected chi connectivity index (χ1v) is 9.80. The second-order valence-electron chi connectivity index (χ2n) is 6.30. The zero-order valence-electron chi connectivity index (χ0n) is 14.5. The van der Waals surface area contributed by atoms with Gasteiger partial charge in [0.1, 0.15) is 10.7 Å². The minimum Gasteiger partial charge on any atom is -0.340 e. The lowest BCUT2D eigenvalue weighted by Gasteiger charge is -2.19. The zero-order chi connectivity index (χ0) is 18.3. The van der Waals surface area contributed by atoms with Crippen LogP contribution in [-0.2, 0) is 16.4 Å². The standard InChI is InChI=1S/C18H19N5O2S/c1-12-18(13(2)21-20-12)26(24,25)22-17-8-7-15(11-19-17)23-10-9-14-5-3-4-6-16(14)23/h3-8,11H,9-10H2,1-2H3,(H,19,22)(H,20,21). The van der Waals surface area contributed by atoms with Gasteiger partial charge in [-0.15, -0.1) is 0 Å². The second-order valence-corrected chi connectivity index (χ2v) is 7.92. The molecule has 0 saturated carbocycles. The summed E-state index contributed by atoms with van der Waals surface area (Å²) < 4.78 is 27.7. The number of nitrogens with zero attached hydrogens (tertiary/aromatic N) is 3. The van der Waals surface area contributed by atoms with E-state index in [1.807, 2.05) is 18.2 Å². The third kappa shape index (κ3) is 2.82. The Morgan fingerprint density at radius 1 is 1.15 bits per heavy atom. The molecular formula is C18H19N5O2S. The van der Waals surface area contributed by atoms with Gasteiger partial charge in [0, 0.05) is 12.2 Å². The molecule has 4 rings (SSSR count). The third-order valence-electron chi connectivity index (χ3n) is 4.51. The SMILES string of the molecule is Cc1n[nH]c(C)c1S(=O)(=O)Nc1ccc(N2CCc3ccccc32)cn1. The number of fused-ring (bicyclic) bond motifs is 1. The highest BCUT2D eigenvalue weighted by Gasteiger charge is 2.23. The van der Waals surface area contributed by atoms with Crippen molar-refractivity contribution in [1.82, 2.24) is 15.2 Å². The maximum absolute atomic E-state index is 12.6. The van der Waals surface area contributed by atoms with Gasteiger partial charge in [0.25, 0.3) is 10.0 Å². The van der Waals surface area contributed by atoms with Crippen LogP contribution < -0.4 is 9.62 Å². The van der Waals surface area contributed by atoms with Crippen LogP contribution in [-0.4, -0.2) is 30.1 Å². The first-order chi connectivity index (χ1) is 12.5. The Bertz CT molecular complexity index is 1040. The van der Waals surface area contributed by atoms with E-state index in [1.54, 1.807) is 26.1 Å². The van der Waals surface area contributed by atoms with Crippen LogP contribution in [0, 0.1) is 13.8 Å². The smallest absolute Gasteiger partial charge is 0.266 e. The van der Waals surface area contributed by atoms with Crippen molar-refractivity contribution in [1.29, 1.82) is 0 Å². The molecule has 26 heavy (non-hydrogen) atoms. The molecule has 1 aliphatic heterocycles. The second kappa shape index (κ2) is 6.14. The van der Waals surface area contributed by atoms with E-state index >= 15 is 0 Å². The van der Waals surface area contributed by atoms with Crippen molar-refractivity contribution in [3.8, 4) is 0 Å². The Labute approximate surface area is 152 Å². The van der Waals surface area contributed by atoms with Crippen molar-refractivity contribution >= 4 is 27.2 Å². The van der Waals surface area contributed by atoms with E-state index in [1.165, 1.54) is 11.3 Å². The van der Waals surface area contributed by atoms with Crippen molar-refractivity contribution < 1.29 is 8.42 Å². The van der Waals surface area contributed by atoms with Crippen molar-refractivity contribution in [3.05, 3.63) is 59.5 Å². The van der Waals surface area contributed by atoms with Gasteiger partial charge in [-0.25, -0.2) is 13.4 Å². The molecule has 2 aromatic heterocycles. The van der Waals surface area contributed by atoms with Crippen LogP contribution >= 0.6 is 0 Å². The molecule has 0 fully saturated rings. The van der Waals surface area contributed by atoms with Gasteiger partial charge >= 0.3 is 0 Å². The molecule has 0 saturated heterocycles. The number of hydrogen-bond acceptors (Lipinski definition) is 5. The molecule has 8 heteroatoms. The van der Waals surface area contributed by atoms with Crippen LogP contribution in [0.25, 0.3) is 0 Å². The number of anilines is 3. The largest absolute Gasteiger partial charge is 0.340 e. The molecule has 1 aliphatic rings. The van der Waals surface area contributed by atoms with Crippen LogP contribution in [0.3, 0.4) is 0 Å². The molecule has 0 radical (unpaired) electrons. The molecule has 0 bridgehead atoms. The number of pyridine rings is 1. The fraction of sp³-hybridized carbons (Fsp3) is 0.222. The van der Waals surface area contributed by atoms with Gasteiger partial charge in [-0.05, 0) is 44.0 Å². The average Bonchev–Trinajstić information content (AvgIpc) is 3.19. The van der Waals surface area contributed by atoms with E-state index in [9.17, 15) is 8.42 Å². The number of hydrogen-bond donors (Lipinski definition) is 2. The first-order valence-electron chi connectivity index (χ1n) is 8.31. The molecule has 3 aromatic rings. The Hall–Kier alpha value is -2.87. The fourth-order valence-corrected chi connectivity index (χ4v) is 4.72. The van der Waals surface area contributed by atoms with E-state index in [0.717, 1.165) is 18.7 Å². The summed E-state index contributed by atoms with van der Waals surface area (Å²) >= 11 is 0. The summed E-state index contributed by atoms with van der Waals surface area (Å²) in [5.41, 5.74) is 4.35. The molecular weight excluding hydrogens is 350 g/mol. The quantitative estimate of drug-likeness (QED) is 0.738. The Balaban J connectivity index is 1.58. The van der Waals surface area contributed by atoms with E-state index in [-0.39, 0.29) is 10.7 Å². The number of para-hydroxylation sites is 1. The lowest BCUT2D eigenvalue weighted by Crippen LogP contribution is -2.16. The zero-order valence-corrected chi connectivity index (χ0v) is 15.3. The van der Waals surface area contributed by atoms with E-state index in [0.29, 0.717) is 11.4 Å². The minimum atomic E-state index is -3.73. The Kier molecular flexibility index (Phi) is 3.91. The Morgan fingerprint density at radius 2 is 1.96 bits per heavy atom. The van der Waals surface area contributed by atoms with Crippen LogP contribution in [0.5, 0.6) is 0 Å². The number of sulfonamides is 1. The molecule has 0 amide bonds. The van der Waals surface area contributed by atoms with Gasteiger partial charge in [-0.3, -0.25) is 9.82 Å². The molecule has 2 N–H and O–H groups in total. The molecule has 0 atom stereocenters. The van der Waals surface area contributed by atoms with Gasteiger partial charge in [0.15, 0.2) is 0 Å². The van der Waals surface area contributed by atoms with Gasteiger partial charge in [0.2, 0.25) is 0 Å². The minimum absolute atomic E-state index is 0.164. The summed E-state index contributed by atoms with van der Waals surface area (Å²) in [4.78, 5) is 6.64. The number of H-pyrrole nitrogens is 1. The first kappa shape index (κ1) is 16.6. The molecule has 1 aromatic carbocycles. The molecule has 0 spiro atoms. The maximum Gasteiger partial charge on any atom is 0.266 e. The normalized spacial score (nSPS) is 13.7. The summed E-state index contributed by atoms with van der Waals surface area (Å²) in [5, 5.41) is 6.63. The van der Waals surface area contributed by atoms with Gasteiger partial charge < -0.3 is 4.90 Å². The van der Waals surface area contributed by atoms with Crippen molar-refractivity contribution in [2.24, 2.45) is 0 Å². The maximum atomic E-state index is 12.6. The highest BCUT2D eigenvalue weighted by molar-refractivity contribution is 7.92. The highest BCUT2D eigenvalue weighted by atomic mass is 32.2. The van der Waals surface area contributed by atoms with Gasteiger partial charge in [-0.1, -0.05) is 18.2 Å². The summed E-state index contributed by atoms with van der Waals surface area (Å²) in [5.74, 6) is 0.279. The number of nitrogens with one attached hydrogen (secondary N) is 2. The Morgan fingerprint density at radius 3 is 2.65 bits per heavy atom. The molecule has 134 valence electrons. The number of rotatable bonds is 4. The van der Waals surface area contributed by atoms with E-state index < -0.39 is 10.0 Å². The van der Waals surface area contributed by atoms with Crippen LogP contribution in [0.4, 0.5) is 17.2 Å². The topological polar surface area (TPSA) is 91.0 Å². The molecule has 7 nitrogen and oxygen atoms in total. The summed E-state index contributed by atoms with van der Waals surface area (Å²) in [6.45, 7) is 4.22. The lowest BCUT2D eigenvalue weighted by atomic mass is 10.2. The fourth-order valence-electron chi connectivity index (χ4n) is 3.34. The van der Waals surface area contributed by atoms with E-state index in [2.05, 4.69) is 36.9 Å². The van der Waals surface area contributed by atoms with Gasteiger partial charge in [-0.2, -0.15) is 5.10 Å². The summed E-state index contributed by atoms with van der Waals surface area (Å²) in [6.07, 6.45) is 2.68. The molecule has 0 unspecified atom stereocenters. The number of aromatic amines is 1. The predicted octanol–water partition coefficient (Wildman–Crippen LogP) is 2.92. The number of aryl methyl sites for hydroxylation is 2. The van der Waals surface area contributed by atoms with Gasteiger partial charge in [0.05, 0.1) is 23.3 Å². The van der Waals surface area contributed by atoms with Crippen molar-refractivity contribution in [2.75, 3.05) is 16.2 Å². The predicted molar refractivity (Wildman–Crippen MR) is 100 cm³/mol. The van der Waals surface area contributed by atoms with Crippen LogP contribution in [0.2, 0.25) is 0 Å². The van der Waals surface area contributed by atoms with Crippen molar-refractivity contribution in [3.63, 3.8) is 0 Å². The molecule has 0 aliphatic carbocycles. The van der Waals surface area contributed by atoms with Crippen LogP contribution in [0.1, 0.15) is 17.0 Å². The van der Waals surface area contributed by atoms with Crippen LogP contribution in [0.15, 0.2) is 47.5 Å². The third-order valence-corrected chi connectivity index (χ3v) is 6.13. The summed E-state index contributed by atoms with van der Waals surface area (Å²) in [7, 11) is -3.73.